The monoisotopic (exact) mass is 366 g/mol. The van der Waals surface area contributed by atoms with Crippen molar-refractivity contribution in [3.05, 3.63) is 12.2 Å². The lowest BCUT2D eigenvalue weighted by atomic mass is 9.56. The van der Waals surface area contributed by atoms with Gasteiger partial charge in [-0.25, -0.2) is 4.79 Å². The van der Waals surface area contributed by atoms with Crippen molar-refractivity contribution in [2.24, 2.45) is 22.7 Å². The van der Waals surface area contributed by atoms with Gasteiger partial charge in [0.2, 0.25) is 0 Å². The number of aliphatic hydroxyl groups is 2. The van der Waals surface area contributed by atoms with Crippen molar-refractivity contribution in [2.75, 3.05) is 13.2 Å². The van der Waals surface area contributed by atoms with Gasteiger partial charge in [-0.1, -0.05) is 19.1 Å². The number of hydrogen-bond donors (Lipinski definition) is 2. The normalized spacial score (nSPS) is 57.3. The minimum absolute atomic E-state index is 0.0304. The molecule has 0 radical (unpaired) electrons. The first-order valence-corrected chi connectivity index (χ1v) is 9.44. The summed E-state index contributed by atoms with van der Waals surface area (Å²) in [5, 5.41) is 21.6. The second kappa shape index (κ2) is 5.29. The standard InChI is InChI=1S/C19H26O7/c1-8(2)10-4-13-18(5-11-14(21)9(3)6-23-11)15(16(22)25-13)26-17-19(10,18)12(20)7-24-17/h9-15,17,20-21H,1,4-7H2,2-3H3/t9-,10+,11?,12+,13?,14-,15?,17?,18?,19?/m1/s1. The molecule has 5 aliphatic rings. The van der Waals surface area contributed by atoms with Crippen LogP contribution in [0, 0.1) is 22.7 Å². The summed E-state index contributed by atoms with van der Waals surface area (Å²) in [4.78, 5) is 12.6. The molecule has 5 fully saturated rings. The van der Waals surface area contributed by atoms with Crippen LogP contribution in [0.4, 0.5) is 0 Å². The van der Waals surface area contributed by atoms with E-state index in [2.05, 4.69) is 6.58 Å². The number of carbonyl (C=O) groups is 1. The average molecular weight is 366 g/mol. The maximum Gasteiger partial charge on any atom is 0.336 e. The topological polar surface area (TPSA) is 94.5 Å². The first-order chi connectivity index (χ1) is 12.3. The molecule has 1 spiro atoms. The Morgan fingerprint density at radius 3 is 2.73 bits per heavy atom. The average Bonchev–Trinajstić information content (AvgIpc) is 3.30. The van der Waals surface area contributed by atoms with Crippen molar-refractivity contribution >= 4 is 5.97 Å². The molecule has 4 saturated heterocycles. The zero-order chi connectivity index (χ0) is 18.4. The number of rotatable bonds is 3. The van der Waals surface area contributed by atoms with Crippen LogP contribution in [0.25, 0.3) is 0 Å². The molecular weight excluding hydrogens is 340 g/mol. The lowest BCUT2D eigenvalue weighted by Gasteiger charge is -2.44. The van der Waals surface area contributed by atoms with Gasteiger partial charge < -0.3 is 29.2 Å². The molecule has 7 heteroatoms. The van der Waals surface area contributed by atoms with Crippen LogP contribution >= 0.6 is 0 Å². The number of hydrogen-bond acceptors (Lipinski definition) is 7. The Kier molecular flexibility index (Phi) is 3.49. The van der Waals surface area contributed by atoms with Crippen molar-refractivity contribution in [1.82, 2.24) is 0 Å². The minimum atomic E-state index is -0.802. The van der Waals surface area contributed by atoms with Crippen LogP contribution in [0.1, 0.15) is 26.7 Å². The van der Waals surface area contributed by atoms with Crippen molar-refractivity contribution in [2.45, 2.75) is 63.5 Å². The summed E-state index contributed by atoms with van der Waals surface area (Å²) in [7, 11) is 0. The molecule has 7 nitrogen and oxygen atoms in total. The molecule has 26 heavy (non-hydrogen) atoms. The predicted octanol–water partition coefficient (Wildman–Crippen LogP) is 0.382. The highest BCUT2D eigenvalue weighted by molar-refractivity contribution is 5.80. The summed E-state index contributed by atoms with van der Waals surface area (Å²) >= 11 is 0. The van der Waals surface area contributed by atoms with Gasteiger partial charge in [0.15, 0.2) is 12.4 Å². The van der Waals surface area contributed by atoms with E-state index in [1.165, 1.54) is 0 Å². The first-order valence-electron chi connectivity index (χ1n) is 9.44. The second-order valence-corrected chi connectivity index (χ2v) is 8.77. The van der Waals surface area contributed by atoms with Gasteiger partial charge in [0.25, 0.3) is 0 Å². The molecule has 144 valence electrons. The third-order valence-electron chi connectivity index (χ3n) is 7.62. The van der Waals surface area contributed by atoms with E-state index in [1.54, 1.807) is 0 Å². The van der Waals surface area contributed by atoms with Crippen molar-refractivity contribution in [1.29, 1.82) is 0 Å². The summed E-state index contributed by atoms with van der Waals surface area (Å²) in [6.07, 6.45) is -2.68. The summed E-state index contributed by atoms with van der Waals surface area (Å²) in [6, 6.07) is 0. The van der Waals surface area contributed by atoms with Gasteiger partial charge in [-0.2, -0.15) is 0 Å². The Balaban J connectivity index is 1.65. The van der Waals surface area contributed by atoms with Gasteiger partial charge in [0.05, 0.1) is 42.4 Å². The van der Waals surface area contributed by atoms with E-state index in [4.69, 9.17) is 18.9 Å². The molecule has 6 unspecified atom stereocenters. The molecule has 10 atom stereocenters. The molecule has 1 saturated carbocycles. The largest absolute Gasteiger partial charge is 0.460 e. The van der Waals surface area contributed by atoms with E-state index < -0.39 is 53.6 Å². The van der Waals surface area contributed by atoms with Crippen molar-refractivity contribution in [3.63, 3.8) is 0 Å². The fourth-order valence-corrected chi connectivity index (χ4v) is 6.55. The molecule has 0 aromatic carbocycles. The highest BCUT2D eigenvalue weighted by Gasteiger charge is 2.85. The quantitative estimate of drug-likeness (QED) is 0.551. The van der Waals surface area contributed by atoms with Crippen molar-refractivity contribution in [3.8, 4) is 0 Å². The Morgan fingerprint density at radius 1 is 1.31 bits per heavy atom. The van der Waals surface area contributed by atoms with Crippen LogP contribution in [0.5, 0.6) is 0 Å². The van der Waals surface area contributed by atoms with E-state index in [0.29, 0.717) is 19.4 Å². The van der Waals surface area contributed by atoms with Crippen LogP contribution in [-0.4, -0.2) is 66.2 Å². The number of allylic oxidation sites excluding steroid dienone is 1. The Bertz CT molecular complexity index is 664. The van der Waals surface area contributed by atoms with Gasteiger partial charge in [0, 0.05) is 5.92 Å². The summed E-state index contributed by atoms with van der Waals surface area (Å²) in [6.45, 7) is 8.66. The van der Waals surface area contributed by atoms with E-state index in [-0.39, 0.29) is 18.4 Å². The molecule has 4 aliphatic heterocycles. The SMILES string of the molecule is C=C(C)[C@@H]1CC2OC(=O)C3OC4OC[C@H](O)C41C23CC1OC[C@@H](C)[C@H]1O. The van der Waals surface area contributed by atoms with E-state index >= 15 is 0 Å². The van der Waals surface area contributed by atoms with Gasteiger partial charge in [-0.05, 0) is 25.7 Å². The second-order valence-electron chi connectivity index (χ2n) is 8.77. The number of aliphatic hydroxyl groups excluding tert-OH is 2. The Morgan fingerprint density at radius 2 is 2.08 bits per heavy atom. The third kappa shape index (κ3) is 1.70. The summed E-state index contributed by atoms with van der Waals surface area (Å²) < 4.78 is 23.4. The molecule has 2 N–H and O–H groups in total. The Labute approximate surface area is 152 Å². The third-order valence-corrected chi connectivity index (χ3v) is 7.62. The maximum atomic E-state index is 12.6. The zero-order valence-electron chi connectivity index (χ0n) is 15.1. The van der Waals surface area contributed by atoms with Gasteiger partial charge in [-0.3, -0.25) is 0 Å². The fraction of sp³-hybridized carbons (Fsp3) is 0.842. The molecule has 0 amide bonds. The van der Waals surface area contributed by atoms with Crippen LogP contribution < -0.4 is 0 Å². The minimum Gasteiger partial charge on any atom is -0.460 e. The summed E-state index contributed by atoms with van der Waals surface area (Å²) in [5.74, 6) is -0.452. The lowest BCUT2D eigenvalue weighted by molar-refractivity contribution is -0.169. The molecule has 0 aromatic rings. The highest BCUT2D eigenvalue weighted by atomic mass is 16.7. The van der Waals surface area contributed by atoms with E-state index in [1.807, 2.05) is 13.8 Å². The summed E-state index contributed by atoms with van der Waals surface area (Å²) in [5.41, 5.74) is -0.644. The Hall–Kier alpha value is -0.990. The van der Waals surface area contributed by atoms with Gasteiger partial charge >= 0.3 is 5.97 Å². The van der Waals surface area contributed by atoms with E-state index in [0.717, 1.165) is 5.57 Å². The van der Waals surface area contributed by atoms with Crippen molar-refractivity contribution < 1.29 is 34.0 Å². The van der Waals surface area contributed by atoms with Gasteiger partial charge in [-0.15, -0.1) is 0 Å². The molecule has 0 bridgehead atoms. The van der Waals surface area contributed by atoms with Crippen LogP contribution in [-0.2, 0) is 23.7 Å². The number of ether oxygens (including phenoxy) is 4. The highest BCUT2D eigenvalue weighted by Crippen LogP contribution is 2.74. The van der Waals surface area contributed by atoms with E-state index in [9.17, 15) is 15.0 Å². The maximum absolute atomic E-state index is 12.6. The first kappa shape index (κ1) is 17.1. The van der Waals surface area contributed by atoms with Crippen LogP contribution in [0.2, 0.25) is 0 Å². The number of carbonyl (C=O) groups excluding carboxylic acids is 1. The smallest absolute Gasteiger partial charge is 0.336 e. The van der Waals surface area contributed by atoms with Crippen LogP contribution in [0.3, 0.4) is 0 Å². The molecular formula is C19H26O7. The lowest BCUT2D eigenvalue weighted by Crippen LogP contribution is -2.55. The molecule has 4 heterocycles. The zero-order valence-corrected chi connectivity index (χ0v) is 15.1. The molecule has 5 rings (SSSR count). The number of esters is 1. The van der Waals surface area contributed by atoms with Crippen LogP contribution in [0.15, 0.2) is 12.2 Å². The fourth-order valence-electron chi connectivity index (χ4n) is 6.55. The molecule has 1 aliphatic carbocycles. The molecule has 0 aromatic heterocycles. The predicted molar refractivity (Wildman–Crippen MR) is 87.8 cm³/mol. The van der Waals surface area contributed by atoms with Gasteiger partial charge in [0.1, 0.15) is 6.10 Å².